The van der Waals surface area contributed by atoms with Crippen LogP contribution in [0.1, 0.15) is 20.3 Å². The van der Waals surface area contributed by atoms with Gasteiger partial charge >= 0.3 is 0 Å². The second-order valence-electron chi connectivity index (χ2n) is 2.62. The molecule has 0 unspecified atom stereocenters. The van der Waals surface area contributed by atoms with Crippen LogP contribution in [0.2, 0.25) is 0 Å². The van der Waals surface area contributed by atoms with Gasteiger partial charge in [-0.3, -0.25) is 0 Å². The van der Waals surface area contributed by atoms with Gasteiger partial charge < -0.3 is 9.47 Å². The molecule has 0 fully saturated rings. The summed E-state index contributed by atoms with van der Waals surface area (Å²) in [6.45, 7) is 3.70. The molecule has 0 bridgehead atoms. The Balaban J connectivity index is 4.17. The zero-order valence-corrected chi connectivity index (χ0v) is 8.05. The first-order chi connectivity index (χ1) is 5.65. The summed E-state index contributed by atoms with van der Waals surface area (Å²) in [6.07, 6.45) is 0.403. The monoisotopic (exact) mass is 169 g/mol. The molecule has 0 N–H and O–H groups in total. The summed E-state index contributed by atoms with van der Waals surface area (Å²) in [7, 11) is 3.17. The molecule has 0 saturated heterocycles. The lowest BCUT2D eigenvalue weighted by Gasteiger charge is -2.13. The van der Waals surface area contributed by atoms with Gasteiger partial charge in [0.1, 0.15) is 0 Å². The molecule has 0 atom stereocenters. The van der Waals surface area contributed by atoms with E-state index >= 15 is 0 Å². The lowest BCUT2D eigenvalue weighted by molar-refractivity contribution is -0.100. The number of hydrogen-bond acceptors (Lipinski definition) is 3. The van der Waals surface area contributed by atoms with Crippen molar-refractivity contribution in [3.8, 4) is 6.07 Å². The summed E-state index contributed by atoms with van der Waals surface area (Å²) < 4.78 is 10.00. The molecule has 0 aromatic carbocycles. The Labute approximate surface area is 73.6 Å². The number of nitriles is 1. The minimum atomic E-state index is -0.242. The highest BCUT2D eigenvalue weighted by Crippen LogP contribution is 2.11. The lowest BCUT2D eigenvalue weighted by Crippen LogP contribution is -2.13. The molecular formula is C9H15NO2. The molecule has 68 valence electrons. The molecule has 0 aliphatic carbocycles. The molecule has 0 rings (SSSR count). The van der Waals surface area contributed by atoms with Crippen LogP contribution < -0.4 is 0 Å². The number of nitrogens with zero attached hydrogens (tertiary/aromatic N) is 1. The van der Waals surface area contributed by atoms with Gasteiger partial charge in [0.05, 0.1) is 6.07 Å². The van der Waals surface area contributed by atoms with Gasteiger partial charge in [-0.25, -0.2) is 0 Å². The standard InChI is InChI=1S/C9H15NO2/c1-7(8(2)6-10)5-9(11-3)12-4/h9H,5H2,1-4H3/b8-7+. The first-order valence-corrected chi connectivity index (χ1v) is 3.77. The summed E-state index contributed by atoms with van der Waals surface area (Å²) >= 11 is 0. The second-order valence-corrected chi connectivity index (χ2v) is 2.62. The van der Waals surface area contributed by atoms with Crippen LogP contribution >= 0.6 is 0 Å². The predicted molar refractivity (Wildman–Crippen MR) is 46.4 cm³/mol. The molecule has 0 radical (unpaired) electrons. The van der Waals surface area contributed by atoms with Crippen LogP contribution in [-0.4, -0.2) is 20.5 Å². The van der Waals surface area contributed by atoms with E-state index in [0.29, 0.717) is 6.42 Å². The summed E-state index contributed by atoms with van der Waals surface area (Å²) in [4.78, 5) is 0. The SMILES string of the molecule is COC(C/C(C)=C(\C)C#N)OC. The second kappa shape index (κ2) is 5.76. The van der Waals surface area contributed by atoms with Gasteiger partial charge in [-0.1, -0.05) is 5.57 Å². The highest BCUT2D eigenvalue weighted by molar-refractivity contribution is 5.24. The van der Waals surface area contributed by atoms with E-state index in [0.717, 1.165) is 11.1 Å². The van der Waals surface area contributed by atoms with Crippen molar-refractivity contribution < 1.29 is 9.47 Å². The van der Waals surface area contributed by atoms with Gasteiger partial charge in [0.25, 0.3) is 0 Å². The largest absolute Gasteiger partial charge is 0.356 e. The fourth-order valence-electron chi connectivity index (χ4n) is 0.761. The van der Waals surface area contributed by atoms with Crippen LogP contribution in [0.4, 0.5) is 0 Å². The van der Waals surface area contributed by atoms with E-state index in [-0.39, 0.29) is 6.29 Å². The first-order valence-electron chi connectivity index (χ1n) is 3.77. The van der Waals surface area contributed by atoms with Crippen LogP contribution in [0.3, 0.4) is 0 Å². The summed E-state index contributed by atoms with van der Waals surface area (Å²) in [6, 6.07) is 2.09. The third kappa shape index (κ3) is 3.51. The molecular weight excluding hydrogens is 154 g/mol. The molecule has 0 saturated carbocycles. The van der Waals surface area contributed by atoms with Crippen LogP contribution in [0.15, 0.2) is 11.1 Å². The fourth-order valence-corrected chi connectivity index (χ4v) is 0.761. The first kappa shape index (κ1) is 11.2. The van der Waals surface area contributed by atoms with E-state index in [1.165, 1.54) is 0 Å². The van der Waals surface area contributed by atoms with Gasteiger partial charge in [-0.05, 0) is 13.8 Å². The van der Waals surface area contributed by atoms with Gasteiger partial charge in [-0.2, -0.15) is 5.26 Å². The van der Waals surface area contributed by atoms with Crippen molar-refractivity contribution in [3.05, 3.63) is 11.1 Å². The van der Waals surface area contributed by atoms with Gasteiger partial charge in [0.2, 0.25) is 0 Å². The zero-order valence-electron chi connectivity index (χ0n) is 8.05. The van der Waals surface area contributed by atoms with Crippen LogP contribution in [0.25, 0.3) is 0 Å². The Kier molecular flexibility index (Phi) is 5.35. The summed E-state index contributed by atoms with van der Waals surface area (Å²) in [5.74, 6) is 0. The predicted octanol–water partition coefficient (Wildman–Crippen LogP) is 1.86. The fraction of sp³-hybridized carbons (Fsp3) is 0.667. The van der Waals surface area contributed by atoms with E-state index in [9.17, 15) is 0 Å². The minimum absolute atomic E-state index is 0.242. The maximum absolute atomic E-state index is 8.57. The normalized spacial score (nSPS) is 12.7. The Morgan fingerprint density at radius 3 is 2.17 bits per heavy atom. The maximum Gasteiger partial charge on any atom is 0.160 e. The average molecular weight is 169 g/mol. The van der Waals surface area contributed by atoms with Gasteiger partial charge in [-0.15, -0.1) is 0 Å². The van der Waals surface area contributed by atoms with Gasteiger partial charge in [0, 0.05) is 26.2 Å². The van der Waals surface area contributed by atoms with Crippen molar-refractivity contribution in [2.24, 2.45) is 0 Å². The molecule has 0 heterocycles. The molecule has 0 aromatic rings. The molecule has 0 spiro atoms. The Morgan fingerprint density at radius 1 is 1.33 bits per heavy atom. The highest BCUT2D eigenvalue weighted by Gasteiger charge is 2.07. The van der Waals surface area contributed by atoms with Crippen molar-refractivity contribution in [2.75, 3.05) is 14.2 Å². The molecule has 0 aromatic heterocycles. The van der Waals surface area contributed by atoms with E-state index in [4.69, 9.17) is 14.7 Å². The highest BCUT2D eigenvalue weighted by atomic mass is 16.7. The van der Waals surface area contributed by atoms with Crippen LogP contribution in [0, 0.1) is 11.3 Å². The van der Waals surface area contributed by atoms with E-state index in [1.807, 2.05) is 6.92 Å². The summed E-state index contributed by atoms with van der Waals surface area (Å²) in [5, 5.41) is 8.57. The number of allylic oxidation sites excluding steroid dienone is 1. The van der Waals surface area contributed by atoms with E-state index in [1.54, 1.807) is 21.1 Å². The van der Waals surface area contributed by atoms with Crippen LogP contribution in [-0.2, 0) is 9.47 Å². The molecule has 3 heteroatoms. The van der Waals surface area contributed by atoms with Gasteiger partial charge in [0.15, 0.2) is 6.29 Å². The molecule has 3 nitrogen and oxygen atoms in total. The number of hydrogen-bond donors (Lipinski definition) is 0. The molecule has 0 amide bonds. The van der Waals surface area contributed by atoms with Crippen molar-refractivity contribution in [3.63, 3.8) is 0 Å². The quantitative estimate of drug-likeness (QED) is 0.476. The van der Waals surface area contributed by atoms with Crippen molar-refractivity contribution >= 4 is 0 Å². The van der Waals surface area contributed by atoms with Crippen molar-refractivity contribution in [1.29, 1.82) is 5.26 Å². The van der Waals surface area contributed by atoms with Crippen molar-refractivity contribution in [2.45, 2.75) is 26.6 Å². The molecule has 0 aliphatic heterocycles. The minimum Gasteiger partial charge on any atom is -0.356 e. The maximum atomic E-state index is 8.57. The third-order valence-corrected chi connectivity index (χ3v) is 1.81. The average Bonchev–Trinajstić information content (AvgIpc) is 2.12. The number of rotatable bonds is 4. The molecule has 0 aliphatic rings. The van der Waals surface area contributed by atoms with E-state index < -0.39 is 0 Å². The summed E-state index contributed by atoms with van der Waals surface area (Å²) in [5.41, 5.74) is 1.74. The lowest BCUT2D eigenvalue weighted by atomic mass is 10.1. The van der Waals surface area contributed by atoms with Crippen LogP contribution in [0.5, 0.6) is 0 Å². The third-order valence-electron chi connectivity index (χ3n) is 1.81. The number of ether oxygens (including phenoxy) is 2. The van der Waals surface area contributed by atoms with Crippen molar-refractivity contribution in [1.82, 2.24) is 0 Å². The Hall–Kier alpha value is -0.850. The number of methoxy groups -OCH3 is 2. The van der Waals surface area contributed by atoms with E-state index in [2.05, 4.69) is 6.07 Å². The Bertz CT molecular complexity index is 199. The smallest absolute Gasteiger partial charge is 0.160 e. The zero-order chi connectivity index (χ0) is 9.56. The topological polar surface area (TPSA) is 42.2 Å². The Morgan fingerprint density at radius 2 is 1.83 bits per heavy atom. The molecule has 12 heavy (non-hydrogen) atoms.